The van der Waals surface area contributed by atoms with Crippen LogP contribution >= 0.6 is 0 Å². The summed E-state index contributed by atoms with van der Waals surface area (Å²) < 4.78 is 0. The van der Waals surface area contributed by atoms with Crippen LogP contribution in [-0.2, 0) is 4.79 Å². The quantitative estimate of drug-likeness (QED) is 0.300. The molecule has 1 aliphatic rings. The van der Waals surface area contributed by atoms with Gasteiger partial charge in [0.25, 0.3) is 0 Å². The molecule has 1 heterocycles. The van der Waals surface area contributed by atoms with Gasteiger partial charge in [-0.05, 0) is 6.42 Å². The Labute approximate surface area is 89.7 Å². The Balaban J connectivity index is 2.15. The van der Waals surface area contributed by atoms with E-state index in [0.717, 1.165) is 26.2 Å². The molecule has 6 nitrogen and oxygen atoms in total. The van der Waals surface area contributed by atoms with Gasteiger partial charge in [-0.15, -0.1) is 0 Å². The second-order valence-electron chi connectivity index (χ2n) is 3.54. The number of hydrogen-bond donors (Lipinski definition) is 3. The molecule has 0 unspecified atom stereocenters. The van der Waals surface area contributed by atoms with Crippen LogP contribution in [0.2, 0.25) is 0 Å². The lowest BCUT2D eigenvalue weighted by molar-refractivity contribution is -0.131. The Kier molecular flexibility index (Phi) is 4.89. The van der Waals surface area contributed by atoms with Crippen molar-refractivity contribution in [3.05, 3.63) is 0 Å². The molecule has 1 amide bonds. The van der Waals surface area contributed by atoms with Crippen molar-refractivity contribution in [2.45, 2.75) is 12.8 Å². The molecule has 1 fully saturated rings. The van der Waals surface area contributed by atoms with Gasteiger partial charge in [-0.3, -0.25) is 9.79 Å². The Hall–Kier alpha value is -1.30. The lowest BCUT2D eigenvalue weighted by Crippen LogP contribution is -2.46. The molecule has 0 saturated carbocycles. The molecule has 0 atom stereocenters. The predicted octanol–water partition coefficient (Wildman–Crippen LogP) is -1.53. The van der Waals surface area contributed by atoms with Gasteiger partial charge in [0.2, 0.25) is 5.91 Å². The SMILES string of the molecule is NC(N)=NCCCC(=O)N1CCNCC1. The minimum atomic E-state index is 0.0876. The lowest BCUT2D eigenvalue weighted by atomic mass is 10.2. The highest BCUT2D eigenvalue weighted by molar-refractivity contribution is 5.77. The van der Waals surface area contributed by atoms with Gasteiger partial charge in [0.15, 0.2) is 5.96 Å². The number of amides is 1. The van der Waals surface area contributed by atoms with Crippen LogP contribution in [0.3, 0.4) is 0 Å². The van der Waals surface area contributed by atoms with E-state index >= 15 is 0 Å². The number of nitrogens with one attached hydrogen (secondary N) is 1. The summed E-state index contributed by atoms with van der Waals surface area (Å²) in [6.45, 7) is 3.92. The van der Waals surface area contributed by atoms with Gasteiger partial charge in [-0.2, -0.15) is 0 Å². The minimum Gasteiger partial charge on any atom is -0.370 e. The van der Waals surface area contributed by atoms with Gasteiger partial charge in [0.05, 0.1) is 0 Å². The Morgan fingerprint density at radius 1 is 1.33 bits per heavy atom. The summed E-state index contributed by atoms with van der Waals surface area (Å²) in [5.74, 6) is 0.284. The van der Waals surface area contributed by atoms with Crippen molar-refractivity contribution in [2.75, 3.05) is 32.7 Å². The van der Waals surface area contributed by atoms with Crippen LogP contribution in [0.25, 0.3) is 0 Å². The van der Waals surface area contributed by atoms with Crippen molar-refractivity contribution in [1.29, 1.82) is 0 Å². The van der Waals surface area contributed by atoms with Gasteiger partial charge in [0.1, 0.15) is 0 Å². The van der Waals surface area contributed by atoms with Gasteiger partial charge >= 0.3 is 0 Å². The van der Waals surface area contributed by atoms with E-state index in [9.17, 15) is 4.79 Å². The third-order valence-electron chi connectivity index (χ3n) is 2.31. The first-order chi connectivity index (χ1) is 7.20. The molecule has 5 N–H and O–H groups in total. The average Bonchev–Trinajstić information content (AvgIpc) is 2.25. The summed E-state index contributed by atoms with van der Waals surface area (Å²) in [5, 5.41) is 3.20. The highest BCUT2D eigenvalue weighted by Gasteiger charge is 2.14. The van der Waals surface area contributed by atoms with Gasteiger partial charge in [0, 0.05) is 39.1 Å². The topological polar surface area (TPSA) is 96.7 Å². The molecule has 0 spiro atoms. The largest absolute Gasteiger partial charge is 0.370 e. The Morgan fingerprint density at radius 2 is 2.00 bits per heavy atom. The summed E-state index contributed by atoms with van der Waals surface area (Å²) in [7, 11) is 0. The van der Waals surface area contributed by atoms with Crippen molar-refractivity contribution in [1.82, 2.24) is 10.2 Å². The van der Waals surface area contributed by atoms with Crippen molar-refractivity contribution in [3.8, 4) is 0 Å². The van der Waals surface area contributed by atoms with Crippen LogP contribution in [0.5, 0.6) is 0 Å². The normalized spacial score (nSPS) is 16.1. The molecule has 1 rings (SSSR count). The van der Waals surface area contributed by atoms with E-state index in [1.807, 2.05) is 4.90 Å². The zero-order valence-corrected chi connectivity index (χ0v) is 8.91. The molecule has 0 aliphatic carbocycles. The molecule has 1 aliphatic heterocycles. The summed E-state index contributed by atoms with van der Waals surface area (Å²) in [4.78, 5) is 17.3. The molecular formula is C9H19N5O. The maximum atomic E-state index is 11.6. The zero-order chi connectivity index (χ0) is 11.1. The Morgan fingerprint density at radius 3 is 2.60 bits per heavy atom. The van der Waals surface area contributed by atoms with E-state index in [1.165, 1.54) is 0 Å². The predicted molar refractivity (Wildman–Crippen MR) is 59.4 cm³/mol. The molecule has 86 valence electrons. The molecule has 6 heteroatoms. The van der Waals surface area contributed by atoms with Crippen LogP contribution in [-0.4, -0.2) is 49.5 Å². The molecule has 0 aromatic carbocycles. The van der Waals surface area contributed by atoms with E-state index in [1.54, 1.807) is 0 Å². The summed E-state index contributed by atoms with van der Waals surface area (Å²) in [6.07, 6.45) is 1.23. The summed E-state index contributed by atoms with van der Waals surface area (Å²) in [6, 6.07) is 0. The van der Waals surface area contributed by atoms with Crippen molar-refractivity contribution in [2.24, 2.45) is 16.5 Å². The molecule has 0 radical (unpaired) electrons. The molecule has 0 bridgehead atoms. The first-order valence-electron chi connectivity index (χ1n) is 5.24. The third-order valence-corrected chi connectivity index (χ3v) is 2.31. The fraction of sp³-hybridized carbons (Fsp3) is 0.778. The van der Waals surface area contributed by atoms with Gasteiger partial charge in [-0.25, -0.2) is 0 Å². The third kappa shape index (κ3) is 4.64. The first-order valence-corrected chi connectivity index (χ1v) is 5.24. The summed E-state index contributed by atoms with van der Waals surface area (Å²) >= 11 is 0. The van der Waals surface area contributed by atoms with Crippen molar-refractivity contribution >= 4 is 11.9 Å². The second kappa shape index (κ2) is 6.23. The first kappa shape index (κ1) is 11.8. The van der Waals surface area contributed by atoms with Gasteiger partial charge < -0.3 is 21.7 Å². The number of nitrogens with two attached hydrogens (primary N) is 2. The van der Waals surface area contributed by atoms with Crippen molar-refractivity contribution < 1.29 is 4.79 Å². The van der Waals surface area contributed by atoms with Crippen molar-refractivity contribution in [3.63, 3.8) is 0 Å². The van der Waals surface area contributed by atoms with Crippen LogP contribution < -0.4 is 16.8 Å². The van der Waals surface area contributed by atoms with E-state index in [-0.39, 0.29) is 11.9 Å². The number of guanidine groups is 1. The highest BCUT2D eigenvalue weighted by atomic mass is 16.2. The number of carbonyl (C=O) groups is 1. The Bertz CT molecular complexity index is 231. The molecule has 1 saturated heterocycles. The van der Waals surface area contributed by atoms with E-state index in [2.05, 4.69) is 10.3 Å². The fourth-order valence-electron chi connectivity index (χ4n) is 1.51. The molecular weight excluding hydrogens is 194 g/mol. The zero-order valence-electron chi connectivity index (χ0n) is 8.91. The molecule has 0 aromatic heterocycles. The number of rotatable bonds is 4. The fourth-order valence-corrected chi connectivity index (χ4v) is 1.51. The standard InChI is InChI=1S/C9H19N5O/c10-9(11)13-3-1-2-8(15)14-6-4-12-5-7-14/h12H,1-7H2,(H4,10,11,13). The highest BCUT2D eigenvalue weighted by Crippen LogP contribution is 1.99. The number of nitrogens with zero attached hydrogens (tertiary/aromatic N) is 2. The maximum absolute atomic E-state index is 11.6. The monoisotopic (exact) mass is 213 g/mol. The minimum absolute atomic E-state index is 0.0876. The van der Waals surface area contributed by atoms with Crippen LogP contribution in [0.1, 0.15) is 12.8 Å². The lowest BCUT2D eigenvalue weighted by Gasteiger charge is -2.27. The maximum Gasteiger partial charge on any atom is 0.222 e. The number of hydrogen-bond acceptors (Lipinski definition) is 3. The van der Waals surface area contributed by atoms with Crippen LogP contribution in [0, 0.1) is 0 Å². The number of piperazine rings is 1. The summed E-state index contributed by atoms with van der Waals surface area (Å²) in [5.41, 5.74) is 10.4. The van der Waals surface area contributed by atoms with E-state index in [0.29, 0.717) is 19.4 Å². The second-order valence-corrected chi connectivity index (χ2v) is 3.54. The molecule has 15 heavy (non-hydrogen) atoms. The van der Waals surface area contributed by atoms with Crippen LogP contribution in [0.4, 0.5) is 0 Å². The number of aliphatic imine (C=N–C) groups is 1. The average molecular weight is 213 g/mol. The van der Waals surface area contributed by atoms with Crippen LogP contribution in [0.15, 0.2) is 4.99 Å². The smallest absolute Gasteiger partial charge is 0.222 e. The number of carbonyl (C=O) groups excluding carboxylic acids is 1. The molecule has 0 aromatic rings. The van der Waals surface area contributed by atoms with Gasteiger partial charge in [-0.1, -0.05) is 0 Å². The van der Waals surface area contributed by atoms with E-state index in [4.69, 9.17) is 11.5 Å². The van der Waals surface area contributed by atoms with E-state index < -0.39 is 0 Å².